The maximum Gasteiger partial charge on any atom is 0.233 e. The van der Waals surface area contributed by atoms with Gasteiger partial charge in [-0.15, -0.1) is 11.6 Å². The van der Waals surface area contributed by atoms with Gasteiger partial charge in [0.2, 0.25) is 5.91 Å². The van der Waals surface area contributed by atoms with Crippen molar-refractivity contribution in [3.63, 3.8) is 0 Å². The van der Waals surface area contributed by atoms with Gasteiger partial charge in [-0.3, -0.25) is 4.79 Å². The molecule has 6 rings (SSSR count). The van der Waals surface area contributed by atoms with Crippen LogP contribution >= 0.6 is 11.6 Å². The summed E-state index contributed by atoms with van der Waals surface area (Å²) in [5, 5.41) is 0. The van der Waals surface area contributed by atoms with Crippen molar-refractivity contribution in [1.82, 2.24) is 4.90 Å². The van der Waals surface area contributed by atoms with Crippen LogP contribution in [-0.2, 0) is 11.2 Å². The molecule has 4 nitrogen and oxygen atoms in total. The average molecular weight is 402 g/mol. The van der Waals surface area contributed by atoms with Crippen LogP contribution in [0.15, 0.2) is 18.7 Å². The third-order valence-corrected chi connectivity index (χ3v) is 7.98. The summed E-state index contributed by atoms with van der Waals surface area (Å²) in [6.45, 7) is 4.98. The van der Waals surface area contributed by atoms with E-state index in [0.717, 1.165) is 61.1 Å². The van der Waals surface area contributed by atoms with E-state index in [1.54, 1.807) is 14.2 Å². The van der Waals surface area contributed by atoms with Gasteiger partial charge in [-0.1, -0.05) is 6.58 Å². The van der Waals surface area contributed by atoms with Crippen molar-refractivity contribution in [3.8, 4) is 11.5 Å². The lowest BCUT2D eigenvalue weighted by atomic mass is 9.49. The molecule has 150 valence electrons. The molecule has 1 heterocycles. The van der Waals surface area contributed by atoms with E-state index in [1.807, 2.05) is 17.0 Å². The number of nitrogens with zero attached hydrogens (tertiary/aromatic N) is 1. The Labute approximate surface area is 171 Å². The summed E-state index contributed by atoms with van der Waals surface area (Å²) in [5.41, 5.74) is 2.64. The molecule has 1 amide bonds. The molecule has 5 heteroatoms. The molecule has 4 fully saturated rings. The Morgan fingerprint density at radius 3 is 2.39 bits per heavy atom. The first kappa shape index (κ1) is 18.4. The van der Waals surface area contributed by atoms with Crippen LogP contribution in [0.25, 0.3) is 5.70 Å². The van der Waals surface area contributed by atoms with Crippen LogP contribution in [0.1, 0.15) is 49.7 Å². The summed E-state index contributed by atoms with van der Waals surface area (Å²) >= 11 is 6.97. The van der Waals surface area contributed by atoms with Gasteiger partial charge in [0, 0.05) is 22.7 Å². The van der Waals surface area contributed by atoms with Crippen molar-refractivity contribution in [2.45, 2.75) is 49.8 Å². The van der Waals surface area contributed by atoms with E-state index < -0.39 is 0 Å². The largest absolute Gasteiger partial charge is 0.493 e. The maximum atomic E-state index is 13.8. The molecule has 2 unspecified atom stereocenters. The maximum absolute atomic E-state index is 13.8. The molecule has 4 saturated carbocycles. The van der Waals surface area contributed by atoms with E-state index >= 15 is 0 Å². The third-order valence-electron chi connectivity index (χ3n) is 7.54. The van der Waals surface area contributed by atoms with Crippen LogP contribution < -0.4 is 9.47 Å². The first-order valence-electron chi connectivity index (χ1n) is 10.3. The summed E-state index contributed by atoms with van der Waals surface area (Å²) in [5.74, 6) is 2.86. The van der Waals surface area contributed by atoms with Gasteiger partial charge >= 0.3 is 0 Å². The van der Waals surface area contributed by atoms with Gasteiger partial charge in [0.1, 0.15) is 0 Å². The minimum atomic E-state index is -0.289. The molecule has 1 aliphatic heterocycles. The Morgan fingerprint density at radius 2 is 1.79 bits per heavy atom. The zero-order valence-corrected chi connectivity index (χ0v) is 17.5. The monoisotopic (exact) mass is 401 g/mol. The first-order valence-corrected chi connectivity index (χ1v) is 10.7. The number of benzene rings is 1. The molecule has 1 aromatic carbocycles. The topological polar surface area (TPSA) is 38.8 Å². The highest BCUT2D eigenvalue weighted by Crippen LogP contribution is 2.64. The van der Waals surface area contributed by atoms with Gasteiger partial charge in [0.15, 0.2) is 11.5 Å². The Hall–Kier alpha value is -1.68. The van der Waals surface area contributed by atoms with Crippen LogP contribution in [0.4, 0.5) is 0 Å². The second-order valence-corrected chi connectivity index (χ2v) is 10.2. The normalized spacial score (nSPS) is 35.7. The number of hydrogen-bond acceptors (Lipinski definition) is 3. The number of fused-ring (bicyclic) bond motifs is 1. The molecule has 4 bridgehead atoms. The Morgan fingerprint density at radius 1 is 1.14 bits per heavy atom. The number of hydrogen-bond donors (Lipinski definition) is 0. The van der Waals surface area contributed by atoms with Crippen molar-refractivity contribution in [2.24, 2.45) is 17.3 Å². The molecule has 1 aromatic rings. The molecule has 0 saturated heterocycles. The van der Waals surface area contributed by atoms with Crippen molar-refractivity contribution < 1.29 is 14.3 Å². The fourth-order valence-corrected chi connectivity index (χ4v) is 7.51. The summed E-state index contributed by atoms with van der Waals surface area (Å²) in [7, 11) is 3.28. The second-order valence-electron chi connectivity index (χ2n) is 9.41. The predicted molar refractivity (Wildman–Crippen MR) is 110 cm³/mol. The summed E-state index contributed by atoms with van der Waals surface area (Å²) in [6.07, 6.45) is 7.05. The Bertz CT molecular complexity index is 850. The molecule has 5 aliphatic rings. The van der Waals surface area contributed by atoms with Crippen LogP contribution in [0, 0.1) is 17.3 Å². The molecule has 0 radical (unpaired) electrons. The molecule has 0 N–H and O–H groups in total. The van der Waals surface area contributed by atoms with Crippen molar-refractivity contribution in [3.05, 3.63) is 29.8 Å². The number of alkyl halides is 1. The molecule has 4 aliphatic carbocycles. The molecule has 28 heavy (non-hydrogen) atoms. The van der Waals surface area contributed by atoms with Gasteiger partial charge in [0.05, 0.1) is 19.6 Å². The number of carbonyl (C=O) groups is 1. The lowest BCUT2D eigenvalue weighted by molar-refractivity contribution is -0.152. The Balaban J connectivity index is 1.47. The number of ether oxygens (including phenoxy) is 2. The standard InChI is InChI=1S/C23H28ClNO3/c1-14-18-8-20(28-3)19(27-2)7-17(18)4-5-25(14)21(26)22-9-15-6-16(10-22)12-23(24,11-15)13-22/h7-8,15-16H,1,4-6,9-13H2,2-3H3. The number of rotatable bonds is 3. The van der Waals surface area contributed by atoms with Gasteiger partial charge in [0.25, 0.3) is 0 Å². The fourth-order valence-electron chi connectivity index (χ4n) is 6.82. The van der Waals surface area contributed by atoms with E-state index in [0.29, 0.717) is 24.1 Å². The second kappa shape index (κ2) is 6.16. The number of amides is 1. The van der Waals surface area contributed by atoms with Crippen LogP contribution in [-0.4, -0.2) is 36.4 Å². The molecular weight excluding hydrogens is 374 g/mol. The lowest BCUT2D eigenvalue weighted by Crippen LogP contribution is -2.59. The molecule has 0 aromatic heterocycles. The molecule has 2 atom stereocenters. The van der Waals surface area contributed by atoms with E-state index in [2.05, 4.69) is 6.58 Å². The van der Waals surface area contributed by atoms with Gasteiger partial charge in [-0.05, 0) is 74.5 Å². The third kappa shape index (κ3) is 2.60. The molecular formula is C23H28ClNO3. The van der Waals surface area contributed by atoms with E-state index in [1.165, 1.54) is 6.42 Å². The van der Waals surface area contributed by atoms with Gasteiger partial charge < -0.3 is 14.4 Å². The first-order chi connectivity index (χ1) is 13.4. The summed E-state index contributed by atoms with van der Waals surface area (Å²) < 4.78 is 10.9. The van der Waals surface area contributed by atoms with Crippen molar-refractivity contribution >= 4 is 23.2 Å². The highest BCUT2D eigenvalue weighted by atomic mass is 35.5. The smallest absolute Gasteiger partial charge is 0.233 e. The summed E-state index contributed by atoms with van der Waals surface area (Å²) in [6, 6.07) is 3.97. The van der Waals surface area contributed by atoms with Crippen LogP contribution in [0.2, 0.25) is 0 Å². The Kier molecular flexibility index (Phi) is 4.04. The zero-order chi connectivity index (χ0) is 19.7. The highest BCUT2D eigenvalue weighted by molar-refractivity contribution is 6.24. The van der Waals surface area contributed by atoms with Crippen molar-refractivity contribution in [1.29, 1.82) is 0 Å². The van der Waals surface area contributed by atoms with Crippen molar-refractivity contribution in [2.75, 3.05) is 20.8 Å². The predicted octanol–water partition coefficient (Wildman–Crippen LogP) is 4.64. The van der Waals surface area contributed by atoms with Gasteiger partial charge in [-0.2, -0.15) is 0 Å². The number of halogens is 1. The van der Waals surface area contributed by atoms with E-state index in [4.69, 9.17) is 21.1 Å². The zero-order valence-electron chi connectivity index (χ0n) is 16.7. The minimum Gasteiger partial charge on any atom is -0.493 e. The van der Waals surface area contributed by atoms with Crippen LogP contribution in [0.5, 0.6) is 11.5 Å². The quantitative estimate of drug-likeness (QED) is 0.693. The lowest BCUT2D eigenvalue weighted by Gasteiger charge is -2.60. The number of carbonyl (C=O) groups excluding carboxylic acids is 1. The average Bonchev–Trinajstić information content (AvgIpc) is 2.65. The number of methoxy groups -OCH3 is 2. The van der Waals surface area contributed by atoms with E-state index in [-0.39, 0.29) is 16.2 Å². The summed E-state index contributed by atoms with van der Waals surface area (Å²) in [4.78, 5) is 15.6. The highest BCUT2D eigenvalue weighted by Gasteiger charge is 2.61. The van der Waals surface area contributed by atoms with Crippen LogP contribution in [0.3, 0.4) is 0 Å². The fraction of sp³-hybridized carbons (Fsp3) is 0.609. The minimum absolute atomic E-state index is 0.161. The van der Waals surface area contributed by atoms with Gasteiger partial charge in [-0.25, -0.2) is 0 Å². The van der Waals surface area contributed by atoms with E-state index in [9.17, 15) is 4.79 Å². The SMILES string of the molecule is C=C1c2cc(OC)c(OC)cc2CCN1C(=O)C12CC3CC(CC(Cl)(C3)C1)C2. The molecule has 0 spiro atoms.